The van der Waals surface area contributed by atoms with E-state index >= 15 is 0 Å². The zero-order chi connectivity index (χ0) is 16.9. The van der Waals surface area contributed by atoms with Crippen LogP contribution in [0.1, 0.15) is 6.92 Å². The monoisotopic (exact) mass is 377 g/mol. The molecule has 24 heavy (non-hydrogen) atoms. The van der Waals surface area contributed by atoms with E-state index in [1.807, 2.05) is 0 Å². The fraction of sp³-hybridized carbons (Fsp3) is 0.533. The first-order chi connectivity index (χ1) is 10.9. The van der Waals surface area contributed by atoms with Crippen LogP contribution >= 0.6 is 12.4 Å². The van der Waals surface area contributed by atoms with Gasteiger partial charge in [0.2, 0.25) is 15.9 Å². The van der Waals surface area contributed by atoms with Crippen molar-refractivity contribution in [2.24, 2.45) is 5.92 Å². The molecule has 0 spiro atoms. The molecule has 1 heterocycles. The molecule has 0 bridgehead atoms. The first-order valence-electron chi connectivity index (χ1n) is 7.58. The fourth-order valence-electron chi connectivity index (χ4n) is 2.33. The molecule has 1 saturated heterocycles. The van der Waals surface area contributed by atoms with Crippen LogP contribution < -0.4 is 10.6 Å². The van der Waals surface area contributed by atoms with E-state index in [0.29, 0.717) is 38.5 Å². The predicted octanol–water partition coefficient (Wildman–Crippen LogP) is 0.923. The van der Waals surface area contributed by atoms with E-state index in [2.05, 4.69) is 10.6 Å². The first kappa shape index (κ1) is 20.9. The molecule has 7 nitrogen and oxygen atoms in total. The highest BCUT2D eigenvalue weighted by molar-refractivity contribution is 7.89. The smallest absolute Gasteiger partial charge is 0.243 e. The van der Waals surface area contributed by atoms with Gasteiger partial charge in [-0.3, -0.25) is 4.79 Å². The van der Waals surface area contributed by atoms with Gasteiger partial charge in [-0.2, -0.15) is 4.31 Å². The highest BCUT2D eigenvalue weighted by atomic mass is 35.5. The topological polar surface area (TPSA) is 87.7 Å². The predicted molar refractivity (Wildman–Crippen MR) is 95.0 cm³/mol. The highest BCUT2D eigenvalue weighted by Gasteiger charge is 2.26. The molecule has 1 atom stereocenters. The number of ether oxygens (including phenoxy) is 1. The minimum atomic E-state index is -3.56. The Hall–Kier alpha value is -1.19. The Labute approximate surface area is 149 Å². The van der Waals surface area contributed by atoms with Gasteiger partial charge in [-0.1, -0.05) is 13.0 Å². The Morgan fingerprint density at radius 2 is 2.00 bits per heavy atom. The van der Waals surface area contributed by atoms with Crippen LogP contribution in [0.4, 0.5) is 5.69 Å². The van der Waals surface area contributed by atoms with E-state index in [-0.39, 0.29) is 29.1 Å². The molecule has 0 aliphatic carbocycles. The molecule has 1 fully saturated rings. The summed E-state index contributed by atoms with van der Waals surface area (Å²) < 4.78 is 31.8. The molecular weight excluding hydrogens is 354 g/mol. The van der Waals surface area contributed by atoms with Crippen LogP contribution in [0.2, 0.25) is 0 Å². The molecule has 136 valence electrons. The fourth-order valence-corrected chi connectivity index (χ4v) is 3.79. The summed E-state index contributed by atoms with van der Waals surface area (Å²) in [5, 5.41) is 5.69. The van der Waals surface area contributed by atoms with E-state index < -0.39 is 10.0 Å². The molecule has 1 aliphatic rings. The van der Waals surface area contributed by atoms with Crippen LogP contribution in [0.15, 0.2) is 29.2 Å². The lowest BCUT2D eigenvalue weighted by Crippen LogP contribution is -2.40. The van der Waals surface area contributed by atoms with Crippen molar-refractivity contribution in [3.8, 4) is 0 Å². The summed E-state index contributed by atoms with van der Waals surface area (Å²) in [6, 6.07) is 6.35. The summed E-state index contributed by atoms with van der Waals surface area (Å²) in [5.74, 6) is -0.361. The Bertz CT molecular complexity index is 648. The summed E-state index contributed by atoms with van der Waals surface area (Å²) in [6.45, 7) is 3.85. The summed E-state index contributed by atoms with van der Waals surface area (Å²) in [5.41, 5.74) is 0.479. The normalized spacial score (nSPS) is 16.9. The Morgan fingerprint density at radius 1 is 1.33 bits per heavy atom. The molecule has 1 aliphatic heterocycles. The molecule has 2 N–H and O–H groups in total. The quantitative estimate of drug-likeness (QED) is 0.769. The van der Waals surface area contributed by atoms with Gasteiger partial charge in [0, 0.05) is 31.2 Å². The Morgan fingerprint density at radius 3 is 2.62 bits per heavy atom. The Kier molecular flexibility index (Phi) is 8.11. The number of hydrogen-bond acceptors (Lipinski definition) is 5. The molecule has 1 amide bonds. The number of rotatable bonds is 6. The molecule has 0 aromatic heterocycles. The number of carbonyl (C=O) groups is 1. The van der Waals surface area contributed by atoms with Crippen molar-refractivity contribution >= 4 is 34.0 Å². The standard InChI is InChI=1S/C15H23N3O4S.ClH/c1-12(11-16-2)15(19)17-13-4-3-5-14(10-13)23(20,21)18-6-8-22-9-7-18;/h3-5,10,12,16H,6-9,11H2,1-2H3,(H,17,19);1H. The van der Waals surface area contributed by atoms with Crippen LogP contribution in [0.5, 0.6) is 0 Å². The van der Waals surface area contributed by atoms with E-state index in [9.17, 15) is 13.2 Å². The second-order valence-electron chi connectivity index (χ2n) is 5.49. The number of hydrogen-bond donors (Lipinski definition) is 2. The maximum Gasteiger partial charge on any atom is 0.243 e. The van der Waals surface area contributed by atoms with Gasteiger partial charge in [0.25, 0.3) is 0 Å². The average molecular weight is 378 g/mol. The van der Waals surface area contributed by atoms with Crippen LogP contribution in [-0.2, 0) is 19.6 Å². The van der Waals surface area contributed by atoms with Gasteiger partial charge in [0.05, 0.1) is 18.1 Å². The third-order valence-corrected chi connectivity index (χ3v) is 5.56. The second kappa shape index (κ2) is 9.33. The van der Waals surface area contributed by atoms with E-state index in [1.165, 1.54) is 16.4 Å². The van der Waals surface area contributed by atoms with Crippen molar-refractivity contribution in [2.75, 3.05) is 45.2 Å². The minimum absolute atomic E-state index is 0. The third kappa shape index (κ3) is 5.15. The lowest BCUT2D eigenvalue weighted by Gasteiger charge is -2.26. The van der Waals surface area contributed by atoms with Gasteiger partial charge >= 0.3 is 0 Å². The SMILES string of the molecule is CNCC(C)C(=O)Nc1cccc(S(=O)(=O)N2CCOCC2)c1.Cl. The highest BCUT2D eigenvalue weighted by Crippen LogP contribution is 2.20. The van der Waals surface area contributed by atoms with Crippen molar-refractivity contribution in [1.82, 2.24) is 9.62 Å². The van der Waals surface area contributed by atoms with Crippen LogP contribution in [0, 0.1) is 5.92 Å². The number of nitrogens with one attached hydrogen (secondary N) is 2. The minimum Gasteiger partial charge on any atom is -0.379 e. The lowest BCUT2D eigenvalue weighted by atomic mass is 10.1. The average Bonchev–Trinajstić information content (AvgIpc) is 2.56. The van der Waals surface area contributed by atoms with Gasteiger partial charge < -0.3 is 15.4 Å². The number of sulfonamides is 1. The van der Waals surface area contributed by atoms with E-state index in [4.69, 9.17) is 4.74 Å². The number of anilines is 1. The third-order valence-electron chi connectivity index (χ3n) is 3.67. The van der Waals surface area contributed by atoms with E-state index in [1.54, 1.807) is 26.1 Å². The summed E-state index contributed by atoms with van der Waals surface area (Å²) in [7, 11) is -1.78. The summed E-state index contributed by atoms with van der Waals surface area (Å²) in [4.78, 5) is 12.2. The van der Waals surface area contributed by atoms with Crippen molar-refractivity contribution in [3.05, 3.63) is 24.3 Å². The maximum atomic E-state index is 12.6. The van der Waals surface area contributed by atoms with Crippen LogP contribution in [0.25, 0.3) is 0 Å². The zero-order valence-corrected chi connectivity index (χ0v) is 15.5. The Balaban J connectivity index is 0.00000288. The number of morpholine rings is 1. The second-order valence-corrected chi connectivity index (χ2v) is 7.43. The maximum absolute atomic E-state index is 12.6. The molecule has 1 aromatic carbocycles. The van der Waals surface area contributed by atoms with Gasteiger partial charge in [0.1, 0.15) is 0 Å². The first-order valence-corrected chi connectivity index (χ1v) is 9.02. The summed E-state index contributed by atoms with van der Waals surface area (Å²) >= 11 is 0. The number of carbonyl (C=O) groups excluding carboxylic acids is 1. The van der Waals surface area contributed by atoms with Crippen molar-refractivity contribution < 1.29 is 17.9 Å². The largest absolute Gasteiger partial charge is 0.379 e. The van der Waals surface area contributed by atoms with Crippen LogP contribution in [-0.4, -0.2) is 58.5 Å². The van der Waals surface area contributed by atoms with Crippen molar-refractivity contribution in [2.45, 2.75) is 11.8 Å². The molecule has 2 rings (SSSR count). The van der Waals surface area contributed by atoms with Crippen molar-refractivity contribution in [3.63, 3.8) is 0 Å². The molecule has 1 unspecified atom stereocenters. The molecule has 0 radical (unpaired) electrons. The zero-order valence-electron chi connectivity index (χ0n) is 13.8. The van der Waals surface area contributed by atoms with E-state index in [0.717, 1.165) is 0 Å². The molecular formula is C15H24ClN3O4S. The molecule has 0 saturated carbocycles. The summed E-state index contributed by atoms with van der Waals surface area (Å²) in [6.07, 6.45) is 0. The van der Waals surface area contributed by atoms with Crippen LogP contribution in [0.3, 0.4) is 0 Å². The van der Waals surface area contributed by atoms with Gasteiger partial charge in [0.15, 0.2) is 0 Å². The van der Waals surface area contributed by atoms with Gasteiger partial charge in [-0.05, 0) is 25.2 Å². The molecule has 1 aromatic rings. The van der Waals surface area contributed by atoms with Gasteiger partial charge in [-0.25, -0.2) is 8.42 Å². The number of amides is 1. The van der Waals surface area contributed by atoms with Crippen molar-refractivity contribution in [1.29, 1.82) is 0 Å². The number of nitrogens with zero attached hydrogens (tertiary/aromatic N) is 1. The lowest BCUT2D eigenvalue weighted by molar-refractivity contribution is -0.119. The number of halogens is 1. The van der Waals surface area contributed by atoms with Gasteiger partial charge in [-0.15, -0.1) is 12.4 Å². The number of benzene rings is 1. The molecule has 9 heteroatoms.